The average Bonchev–Trinajstić information content (AvgIpc) is 3.30. The summed E-state index contributed by atoms with van der Waals surface area (Å²) in [4.78, 5) is 1.10. The molecule has 0 amide bonds. The maximum absolute atomic E-state index is 10.3. The summed E-state index contributed by atoms with van der Waals surface area (Å²) in [5, 5.41) is 25.3. The average molecular weight is 398 g/mol. The molecule has 30 heavy (non-hydrogen) atoms. The summed E-state index contributed by atoms with van der Waals surface area (Å²) in [5.74, 6) is 0. The summed E-state index contributed by atoms with van der Waals surface area (Å²) in [5.41, 5.74) is 0.810. The molecule has 0 atom stereocenters. The first-order valence-corrected chi connectivity index (χ1v) is 11.3. The van der Waals surface area contributed by atoms with E-state index in [4.69, 9.17) is 0 Å². The van der Waals surface area contributed by atoms with E-state index in [9.17, 15) is 5.26 Å². The van der Waals surface area contributed by atoms with Gasteiger partial charge in [-0.3, -0.25) is 0 Å². The van der Waals surface area contributed by atoms with Crippen LogP contribution in [0.25, 0.3) is 64.6 Å². The minimum absolute atomic E-state index is 0.810. The minimum atomic E-state index is 0.810. The van der Waals surface area contributed by atoms with E-state index in [1.165, 1.54) is 59.2 Å². The second kappa shape index (κ2) is 5.53. The molecule has 0 aromatic heterocycles. The Hall–Kier alpha value is -3.54. The van der Waals surface area contributed by atoms with Crippen molar-refractivity contribution in [1.29, 1.82) is 5.26 Å². The van der Waals surface area contributed by atoms with Crippen LogP contribution < -0.4 is 0 Å². The third kappa shape index (κ3) is 1.72. The van der Waals surface area contributed by atoms with Gasteiger partial charge in [0.25, 0.3) is 0 Å². The Balaban J connectivity index is 1.99. The Morgan fingerprint density at radius 2 is 1.00 bits per heavy atom. The van der Waals surface area contributed by atoms with Gasteiger partial charge < -0.3 is 0 Å². The Morgan fingerprint density at radius 1 is 0.567 bits per heavy atom. The number of nitrogens with zero attached hydrogens (tertiary/aromatic N) is 1. The van der Waals surface area contributed by atoms with Crippen LogP contribution in [-0.2, 0) is 0 Å². The minimum Gasteiger partial charge on any atom is -0.192 e. The second-order valence-electron chi connectivity index (χ2n) is 7.94. The highest BCUT2D eigenvalue weighted by Crippen LogP contribution is 2.51. The monoisotopic (exact) mass is 397 g/mol. The van der Waals surface area contributed by atoms with Gasteiger partial charge in [-0.1, -0.05) is 72.8 Å². The molecule has 0 radical (unpaired) electrons. The zero-order valence-corrected chi connectivity index (χ0v) is 17.1. The Labute approximate surface area is 177 Å². The molecule has 0 saturated carbocycles. The van der Waals surface area contributed by atoms with Gasteiger partial charge in [0.05, 0.1) is 5.56 Å². The van der Waals surface area contributed by atoms with E-state index in [0.29, 0.717) is 0 Å². The van der Waals surface area contributed by atoms with E-state index in [1.807, 2.05) is 0 Å². The number of rotatable bonds is 1. The number of benzene rings is 5. The van der Waals surface area contributed by atoms with Crippen molar-refractivity contribution < 1.29 is 0 Å². The summed E-state index contributed by atoms with van der Waals surface area (Å²) in [6.45, 7) is 0. The molecule has 1 nitrogen and oxygen atoms in total. The zero-order chi connectivity index (χ0) is 20.0. The molecule has 0 fully saturated rings. The van der Waals surface area contributed by atoms with Crippen molar-refractivity contribution in [2.45, 2.75) is 4.90 Å². The zero-order valence-electron chi connectivity index (χ0n) is 16.3. The third-order valence-corrected chi connectivity index (χ3v) is 7.47. The van der Waals surface area contributed by atoms with Crippen molar-refractivity contribution in [2.75, 3.05) is 6.26 Å². The molecule has 0 aliphatic rings. The topological polar surface area (TPSA) is 23.8 Å². The van der Waals surface area contributed by atoms with Gasteiger partial charge >= 0.3 is 0 Å². The first-order chi connectivity index (χ1) is 14.8. The maximum Gasteiger partial charge on any atom is 0.101 e. The van der Waals surface area contributed by atoms with Crippen LogP contribution in [0.3, 0.4) is 0 Å². The molecule has 2 heteroatoms. The fourth-order valence-corrected chi connectivity index (χ4v) is 6.39. The normalized spacial score (nSPS) is 12.3. The van der Waals surface area contributed by atoms with Crippen LogP contribution in [-0.4, -0.2) is 6.26 Å². The quantitative estimate of drug-likeness (QED) is 0.261. The summed E-state index contributed by atoms with van der Waals surface area (Å²) < 4.78 is 0. The van der Waals surface area contributed by atoms with Crippen molar-refractivity contribution in [3.05, 3.63) is 78.4 Å². The molecule has 0 N–H and O–H groups in total. The first-order valence-electron chi connectivity index (χ1n) is 10.1. The Bertz CT molecular complexity index is 1830. The molecular formula is C28H15NS. The number of thioether (sulfide) groups is 1. The molecule has 0 unspecified atom stereocenters. The van der Waals surface area contributed by atoms with Gasteiger partial charge in [0.1, 0.15) is 6.07 Å². The van der Waals surface area contributed by atoms with Crippen LogP contribution in [0.1, 0.15) is 5.56 Å². The molecule has 138 valence electrons. The molecule has 0 aliphatic carbocycles. The van der Waals surface area contributed by atoms with Crippen LogP contribution in [0.5, 0.6) is 0 Å². The summed E-state index contributed by atoms with van der Waals surface area (Å²) in [7, 11) is 0. The van der Waals surface area contributed by atoms with Crippen LogP contribution in [0.15, 0.2) is 77.7 Å². The van der Waals surface area contributed by atoms with Gasteiger partial charge in [-0.2, -0.15) is 5.26 Å². The third-order valence-electron chi connectivity index (χ3n) is 6.66. The summed E-state index contributed by atoms with van der Waals surface area (Å²) in [6, 6.07) is 28.7. The van der Waals surface area contributed by atoms with Crippen molar-refractivity contribution >= 4 is 76.4 Å². The van der Waals surface area contributed by atoms with E-state index < -0.39 is 0 Å². The predicted molar refractivity (Wildman–Crippen MR) is 130 cm³/mol. The van der Waals surface area contributed by atoms with Gasteiger partial charge in [0, 0.05) is 21.1 Å². The van der Waals surface area contributed by atoms with Crippen LogP contribution >= 0.6 is 11.8 Å². The molecule has 0 spiro atoms. The molecule has 0 saturated heterocycles. The number of fused-ring (bicyclic) bond motifs is 7. The fraction of sp³-hybridized carbons (Fsp3) is 0.0357. The van der Waals surface area contributed by atoms with Gasteiger partial charge in [-0.05, 0) is 54.7 Å². The van der Waals surface area contributed by atoms with Crippen molar-refractivity contribution in [1.82, 2.24) is 0 Å². The summed E-state index contributed by atoms with van der Waals surface area (Å²) >= 11 is 1.69. The van der Waals surface area contributed by atoms with Crippen LogP contribution in [0, 0.1) is 11.3 Å². The lowest BCUT2D eigenvalue weighted by molar-refractivity contribution is 1.46. The number of hydrogen-bond donors (Lipinski definition) is 0. The molecule has 0 aliphatic heterocycles. The highest BCUT2D eigenvalue weighted by molar-refractivity contribution is 7.99. The van der Waals surface area contributed by atoms with Crippen molar-refractivity contribution in [3.63, 3.8) is 0 Å². The smallest absolute Gasteiger partial charge is 0.101 e. The van der Waals surface area contributed by atoms with E-state index >= 15 is 0 Å². The largest absolute Gasteiger partial charge is 0.192 e. The number of nitriles is 1. The van der Waals surface area contributed by atoms with Crippen LogP contribution in [0.2, 0.25) is 0 Å². The predicted octanol–water partition coefficient (Wildman–Crippen LogP) is 8.07. The van der Waals surface area contributed by atoms with Crippen molar-refractivity contribution in [3.8, 4) is 6.07 Å². The Kier molecular flexibility index (Phi) is 3.00. The molecule has 0 heterocycles. The first kappa shape index (κ1) is 16.3. The van der Waals surface area contributed by atoms with Gasteiger partial charge in [0.2, 0.25) is 0 Å². The van der Waals surface area contributed by atoms with Gasteiger partial charge in [0.15, 0.2) is 0 Å². The van der Waals surface area contributed by atoms with Gasteiger partial charge in [-0.15, -0.1) is 11.8 Å². The fourth-order valence-electron chi connectivity index (χ4n) is 5.62. The highest BCUT2D eigenvalue weighted by Gasteiger charge is 2.25. The molecule has 7 aromatic carbocycles. The number of hydrogen-bond acceptors (Lipinski definition) is 2. The van der Waals surface area contributed by atoms with Gasteiger partial charge in [-0.25, -0.2) is 0 Å². The second-order valence-corrected chi connectivity index (χ2v) is 8.76. The lowest BCUT2D eigenvalue weighted by Gasteiger charge is -2.08. The lowest BCUT2D eigenvalue weighted by Crippen LogP contribution is -1.85. The molecular weight excluding hydrogens is 382 g/mol. The SMILES string of the molecule is CSc1c(C#N)c2c3cccc4cccc(c43)c2c2c3cccc4cccc(c12)c43. The van der Waals surface area contributed by atoms with Crippen LogP contribution in [0.4, 0.5) is 0 Å². The van der Waals surface area contributed by atoms with Crippen molar-refractivity contribution in [2.24, 2.45) is 0 Å². The summed E-state index contributed by atoms with van der Waals surface area (Å²) in [6.07, 6.45) is 2.09. The standard InChI is InChI=1S/C28H15NS/c1-30-28-21(14-29)24-17-10-2-6-15-7-3-11-18(22(15)17)25(24)26-19-12-4-8-16-9-5-13-20(23(16)19)27(26)28/h2-13H,1H3. The van der Waals surface area contributed by atoms with E-state index in [-0.39, 0.29) is 0 Å². The van der Waals surface area contributed by atoms with E-state index in [2.05, 4.69) is 85.1 Å². The van der Waals surface area contributed by atoms with E-state index in [1.54, 1.807) is 11.8 Å². The lowest BCUT2D eigenvalue weighted by atomic mass is 10.00. The van der Waals surface area contributed by atoms with E-state index in [0.717, 1.165) is 15.8 Å². The molecule has 0 bridgehead atoms. The maximum atomic E-state index is 10.3. The molecule has 7 rings (SSSR count). The Morgan fingerprint density at radius 3 is 1.47 bits per heavy atom. The highest BCUT2D eigenvalue weighted by atomic mass is 32.2. The molecule has 7 aromatic rings.